The van der Waals surface area contributed by atoms with Crippen LogP contribution in [0.3, 0.4) is 0 Å². The zero-order chi connectivity index (χ0) is 13.8. The van der Waals surface area contributed by atoms with Crippen LogP contribution in [0, 0.1) is 0 Å². The van der Waals surface area contributed by atoms with Crippen LogP contribution in [0.15, 0.2) is 55.2 Å². The lowest BCUT2D eigenvalue weighted by Crippen LogP contribution is -2.06. The number of rotatable bonds is 4. The van der Waals surface area contributed by atoms with E-state index in [9.17, 15) is 0 Å². The lowest BCUT2D eigenvalue weighted by atomic mass is 10.2. The first kappa shape index (κ1) is 12.6. The Morgan fingerprint density at radius 1 is 1.20 bits per heavy atom. The van der Waals surface area contributed by atoms with Gasteiger partial charge in [0, 0.05) is 29.8 Å². The molecule has 0 fully saturated rings. The van der Waals surface area contributed by atoms with Gasteiger partial charge < -0.3 is 5.32 Å². The normalized spacial score (nSPS) is 10.4. The number of anilines is 1. The second kappa shape index (κ2) is 5.71. The van der Waals surface area contributed by atoms with Crippen molar-refractivity contribution in [3.8, 4) is 5.69 Å². The summed E-state index contributed by atoms with van der Waals surface area (Å²) in [4.78, 5) is 8.27. The molecule has 0 bridgehead atoms. The molecule has 6 heteroatoms. The van der Waals surface area contributed by atoms with Crippen LogP contribution in [0.4, 0.5) is 5.69 Å². The minimum Gasteiger partial charge on any atom is -0.378 e. The number of halogens is 1. The average Bonchev–Trinajstić information content (AvgIpc) is 3.00. The van der Waals surface area contributed by atoms with Crippen molar-refractivity contribution < 1.29 is 0 Å². The largest absolute Gasteiger partial charge is 0.378 e. The molecule has 0 aliphatic carbocycles. The number of aromatic nitrogens is 4. The van der Waals surface area contributed by atoms with Gasteiger partial charge in [-0.2, -0.15) is 5.10 Å². The molecule has 0 saturated carbocycles. The summed E-state index contributed by atoms with van der Waals surface area (Å²) in [5.74, 6) is 0. The summed E-state index contributed by atoms with van der Waals surface area (Å²) in [6, 6.07) is 7.51. The molecule has 5 nitrogen and oxygen atoms in total. The Morgan fingerprint density at radius 2 is 2.15 bits per heavy atom. The van der Waals surface area contributed by atoms with Gasteiger partial charge in [-0.05, 0) is 24.3 Å². The standard InChI is InChI=1S/C14H12ClN5/c15-11-2-3-14(20-7-1-4-19-20)13(8-11)18-10-12-9-16-5-6-17-12/h1-9,18H,10H2. The van der Waals surface area contributed by atoms with Crippen molar-refractivity contribution in [3.63, 3.8) is 0 Å². The summed E-state index contributed by atoms with van der Waals surface area (Å²) in [6.45, 7) is 0.572. The van der Waals surface area contributed by atoms with Gasteiger partial charge in [-0.1, -0.05) is 11.6 Å². The molecule has 0 aliphatic rings. The molecule has 0 radical (unpaired) electrons. The van der Waals surface area contributed by atoms with Crippen LogP contribution in [0.25, 0.3) is 5.69 Å². The summed E-state index contributed by atoms with van der Waals surface area (Å²) in [5, 5.41) is 8.22. The minimum absolute atomic E-state index is 0.572. The highest BCUT2D eigenvalue weighted by atomic mass is 35.5. The second-order valence-electron chi connectivity index (χ2n) is 4.16. The van der Waals surface area contributed by atoms with Gasteiger partial charge in [0.1, 0.15) is 0 Å². The van der Waals surface area contributed by atoms with E-state index in [0.29, 0.717) is 11.6 Å². The Balaban J connectivity index is 1.87. The zero-order valence-electron chi connectivity index (χ0n) is 10.6. The molecule has 3 aromatic rings. The van der Waals surface area contributed by atoms with E-state index >= 15 is 0 Å². The molecule has 100 valence electrons. The van der Waals surface area contributed by atoms with E-state index in [1.165, 1.54) is 0 Å². The summed E-state index contributed by atoms with van der Waals surface area (Å²) in [5.41, 5.74) is 2.69. The monoisotopic (exact) mass is 285 g/mol. The number of benzene rings is 1. The maximum Gasteiger partial charge on any atom is 0.0877 e. The van der Waals surface area contributed by atoms with Crippen molar-refractivity contribution in [1.29, 1.82) is 0 Å². The molecule has 20 heavy (non-hydrogen) atoms. The highest BCUT2D eigenvalue weighted by molar-refractivity contribution is 6.31. The molecule has 0 atom stereocenters. The van der Waals surface area contributed by atoms with Crippen LogP contribution < -0.4 is 5.32 Å². The van der Waals surface area contributed by atoms with Gasteiger partial charge in [-0.25, -0.2) is 4.68 Å². The lowest BCUT2D eigenvalue weighted by Gasteiger charge is -2.12. The molecule has 1 N–H and O–H groups in total. The molecule has 0 aliphatic heterocycles. The first-order valence-electron chi connectivity index (χ1n) is 6.11. The maximum absolute atomic E-state index is 6.06. The minimum atomic E-state index is 0.572. The Hall–Kier alpha value is -2.40. The van der Waals surface area contributed by atoms with Gasteiger partial charge in [0.25, 0.3) is 0 Å². The van der Waals surface area contributed by atoms with Gasteiger partial charge in [0.2, 0.25) is 0 Å². The van der Waals surface area contributed by atoms with E-state index in [-0.39, 0.29) is 0 Å². The van der Waals surface area contributed by atoms with Crippen molar-refractivity contribution in [2.75, 3.05) is 5.32 Å². The summed E-state index contributed by atoms with van der Waals surface area (Å²) in [6.07, 6.45) is 8.67. The molecular weight excluding hydrogens is 274 g/mol. The van der Waals surface area contributed by atoms with Gasteiger partial charge in [-0.3, -0.25) is 9.97 Å². The zero-order valence-corrected chi connectivity index (χ0v) is 11.3. The number of nitrogens with zero attached hydrogens (tertiary/aromatic N) is 4. The smallest absolute Gasteiger partial charge is 0.0877 e. The van der Waals surface area contributed by atoms with E-state index in [1.807, 2.05) is 30.5 Å². The third-order valence-corrected chi connectivity index (χ3v) is 3.02. The summed E-state index contributed by atoms with van der Waals surface area (Å²) in [7, 11) is 0. The van der Waals surface area contributed by atoms with Crippen molar-refractivity contribution in [3.05, 3.63) is 66.0 Å². The fourth-order valence-corrected chi connectivity index (χ4v) is 2.04. The highest BCUT2D eigenvalue weighted by Gasteiger charge is 2.06. The molecule has 0 amide bonds. The van der Waals surface area contributed by atoms with E-state index in [2.05, 4.69) is 20.4 Å². The Kier molecular flexibility index (Phi) is 3.60. The first-order chi connectivity index (χ1) is 9.83. The Morgan fingerprint density at radius 3 is 2.90 bits per heavy atom. The fraction of sp³-hybridized carbons (Fsp3) is 0.0714. The third kappa shape index (κ3) is 2.78. The van der Waals surface area contributed by atoms with E-state index in [0.717, 1.165) is 17.1 Å². The number of nitrogens with one attached hydrogen (secondary N) is 1. The quantitative estimate of drug-likeness (QED) is 0.801. The van der Waals surface area contributed by atoms with Crippen molar-refractivity contribution >= 4 is 17.3 Å². The molecule has 2 heterocycles. The topological polar surface area (TPSA) is 55.6 Å². The van der Waals surface area contributed by atoms with Gasteiger partial charge in [0.15, 0.2) is 0 Å². The predicted octanol–water partition coefficient (Wildman–Crippen LogP) is 2.93. The van der Waals surface area contributed by atoms with E-state index in [4.69, 9.17) is 11.6 Å². The van der Waals surface area contributed by atoms with Crippen LogP contribution in [0.2, 0.25) is 5.02 Å². The maximum atomic E-state index is 6.06. The van der Waals surface area contributed by atoms with Crippen LogP contribution in [-0.4, -0.2) is 19.7 Å². The SMILES string of the molecule is Clc1ccc(-n2cccn2)c(NCc2cnccn2)c1. The fourth-order valence-electron chi connectivity index (χ4n) is 1.87. The van der Waals surface area contributed by atoms with E-state index < -0.39 is 0 Å². The number of hydrogen-bond donors (Lipinski definition) is 1. The molecule has 0 spiro atoms. The Labute approximate surface area is 121 Å². The van der Waals surface area contributed by atoms with Crippen LogP contribution in [0.1, 0.15) is 5.69 Å². The second-order valence-corrected chi connectivity index (χ2v) is 4.60. The number of hydrogen-bond acceptors (Lipinski definition) is 4. The van der Waals surface area contributed by atoms with Crippen molar-refractivity contribution in [2.24, 2.45) is 0 Å². The lowest BCUT2D eigenvalue weighted by molar-refractivity contribution is 0.878. The van der Waals surface area contributed by atoms with Crippen molar-refractivity contribution in [2.45, 2.75) is 6.54 Å². The van der Waals surface area contributed by atoms with Gasteiger partial charge in [0.05, 0.1) is 29.8 Å². The molecule has 0 saturated heterocycles. The molecular formula is C14H12ClN5. The summed E-state index contributed by atoms with van der Waals surface area (Å²) >= 11 is 6.06. The van der Waals surface area contributed by atoms with E-state index in [1.54, 1.807) is 29.5 Å². The van der Waals surface area contributed by atoms with Crippen molar-refractivity contribution in [1.82, 2.24) is 19.7 Å². The van der Waals surface area contributed by atoms with Crippen LogP contribution >= 0.6 is 11.6 Å². The third-order valence-electron chi connectivity index (χ3n) is 2.79. The van der Waals surface area contributed by atoms with Gasteiger partial charge in [-0.15, -0.1) is 0 Å². The highest BCUT2D eigenvalue weighted by Crippen LogP contribution is 2.24. The van der Waals surface area contributed by atoms with Crippen LogP contribution in [0.5, 0.6) is 0 Å². The van der Waals surface area contributed by atoms with Gasteiger partial charge >= 0.3 is 0 Å². The average molecular weight is 286 g/mol. The van der Waals surface area contributed by atoms with Crippen LogP contribution in [-0.2, 0) is 6.54 Å². The predicted molar refractivity (Wildman–Crippen MR) is 77.9 cm³/mol. The summed E-state index contributed by atoms with van der Waals surface area (Å²) < 4.78 is 1.79. The molecule has 0 unspecified atom stereocenters. The first-order valence-corrected chi connectivity index (χ1v) is 6.49. The molecule has 3 rings (SSSR count). The molecule has 1 aromatic carbocycles. The molecule has 2 aromatic heterocycles. The Bertz CT molecular complexity index is 682.